The van der Waals surface area contributed by atoms with E-state index in [1.807, 2.05) is 12.1 Å². The zero-order chi connectivity index (χ0) is 17.1. The third-order valence-electron chi connectivity index (χ3n) is 4.15. The van der Waals surface area contributed by atoms with Gasteiger partial charge in [-0.05, 0) is 25.0 Å². The van der Waals surface area contributed by atoms with Gasteiger partial charge < -0.3 is 14.6 Å². The molecule has 0 radical (unpaired) electrons. The van der Waals surface area contributed by atoms with E-state index in [0.29, 0.717) is 17.4 Å². The molecule has 0 aromatic carbocycles. The highest BCUT2D eigenvalue weighted by Crippen LogP contribution is 2.37. The summed E-state index contributed by atoms with van der Waals surface area (Å²) in [7, 11) is 3.20. The van der Waals surface area contributed by atoms with Crippen LogP contribution < -0.4 is 5.56 Å². The molecule has 2 aromatic rings. The summed E-state index contributed by atoms with van der Waals surface area (Å²) in [5.74, 6) is 0.588. The predicted octanol–water partition coefficient (Wildman–Crippen LogP) is 1.50. The Morgan fingerprint density at radius 1 is 1.42 bits per heavy atom. The molecule has 0 spiro atoms. The van der Waals surface area contributed by atoms with E-state index in [2.05, 4.69) is 15.0 Å². The SMILES string of the molecule is COC[C@@H](c1ccccn1)N(C)C(=O)c1cnc(C2CC2)[nH]c1=O. The van der Waals surface area contributed by atoms with Crippen molar-refractivity contribution in [3.8, 4) is 0 Å². The molecule has 2 heterocycles. The quantitative estimate of drug-likeness (QED) is 0.868. The van der Waals surface area contributed by atoms with Gasteiger partial charge in [0, 0.05) is 32.5 Å². The van der Waals surface area contributed by atoms with Gasteiger partial charge in [-0.25, -0.2) is 4.98 Å². The van der Waals surface area contributed by atoms with Crippen LogP contribution in [-0.4, -0.2) is 46.5 Å². The second-order valence-electron chi connectivity index (χ2n) is 5.93. The summed E-state index contributed by atoms with van der Waals surface area (Å²) < 4.78 is 5.22. The molecule has 1 amide bonds. The van der Waals surface area contributed by atoms with Crippen molar-refractivity contribution in [3.63, 3.8) is 0 Å². The largest absolute Gasteiger partial charge is 0.382 e. The summed E-state index contributed by atoms with van der Waals surface area (Å²) in [5, 5.41) is 0. The summed E-state index contributed by atoms with van der Waals surface area (Å²) in [5.41, 5.74) is 0.328. The van der Waals surface area contributed by atoms with Gasteiger partial charge in [-0.15, -0.1) is 0 Å². The van der Waals surface area contributed by atoms with Gasteiger partial charge in [0.15, 0.2) is 0 Å². The third-order valence-corrected chi connectivity index (χ3v) is 4.15. The lowest BCUT2D eigenvalue weighted by atomic mass is 10.1. The Bertz CT molecular complexity index is 771. The summed E-state index contributed by atoms with van der Waals surface area (Å²) in [6.07, 6.45) is 5.10. The highest BCUT2D eigenvalue weighted by molar-refractivity contribution is 5.93. The number of H-pyrrole nitrogens is 1. The maximum Gasteiger partial charge on any atom is 0.263 e. The number of aromatic amines is 1. The molecule has 1 aliphatic rings. The molecule has 7 heteroatoms. The minimum Gasteiger partial charge on any atom is -0.382 e. The molecule has 0 unspecified atom stereocenters. The van der Waals surface area contributed by atoms with Gasteiger partial charge in [0.25, 0.3) is 11.5 Å². The Balaban J connectivity index is 1.85. The topological polar surface area (TPSA) is 88.2 Å². The van der Waals surface area contributed by atoms with Crippen LogP contribution >= 0.6 is 0 Å². The van der Waals surface area contributed by atoms with Crippen LogP contribution in [0.2, 0.25) is 0 Å². The molecule has 2 aromatic heterocycles. The Kier molecular flexibility index (Phi) is 4.71. The number of likely N-dealkylation sites (N-methyl/N-ethyl adjacent to an activating group) is 1. The molecule has 24 heavy (non-hydrogen) atoms. The number of carbonyl (C=O) groups is 1. The first kappa shape index (κ1) is 16.3. The highest BCUT2D eigenvalue weighted by atomic mass is 16.5. The second kappa shape index (κ2) is 6.92. The van der Waals surface area contributed by atoms with Crippen molar-refractivity contribution >= 4 is 5.91 Å². The first-order valence-corrected chi connectivity index (χ1v) is 7.88. The molecule has 1 aliphatic carbocycles. The second-order valence-corrected chi connectivity index (χ2v) is 5.93. The van der Waals surface area contributed by atoms with Crippen molar-refractivity contribution in [1.82, 2.24) is 19.9 Å². The van der Waals surface area contributed by atoms with E-state index >= 15 is 0 Å². The Labute approximate surface area is 139 Å². The Morgan fingerprint density at radius 2 is 2.21 bits per heavy atom. The molecule has 0 aliphatic heterocycles. The van der Waals surface area contributed by atoms with Crippen molar-refractivity contribution in [2.24, 2.45) is 0 Å². The van der Waals surface area contributed by atoms with Gasteiger partial charge >= 0.3 is 0 Å². The Morgan fingerprint density at radius 3 is 2.79 bits per heavy atom. The maximum absolute atomic E-state index is 12.7. The standard InChI is InChI=1S/C17H20N4O3/c1-21(14(10-24-2)13-5-3-4-8-18-13)17(23)12-9-19-15(11-6-7-11)20-16(12)22/h3-5,8-9,11,14H,6-7,10H2,1-2H3,(H,19,20,22)/t14-/m0/s1. The van der Waals surface area contributed by atoms with E-state index in [0.717, 1.165) is 12.8 Å². The Hall–Kier alpha value is -2.54. The number of rotatable bonds is 6. The fraction of sp³-hybridized carbons (Fsp3) is 0.412. The van der Waals surface area contributed by atoms with Crippen molar-refractivity contribution in [2.75, 3.05) is 20.8 Å². The zero-order valence-corrected chi connectivity index (χ0v) is 13.7. The molecule has 0 bridgehead atoms. The van der Waals surface area contributed by atoms with E-state index in [-0.39, 0.29) is 18.2 Å². The fourth-order valence-electron chi connectivity index (χ4n) is 2.58. The number of pyridine rings is 1. The third kappa shape index (κ3) is 3.35. The minimum atomic E-state index is -0.404. The molecule has 126 valence electrons. The number of carbonyl (C=O) groups excluding carboxylic acids is 1. The van der Waals surface area contributed by atoms with Crippen molar-refractivity contribution in [3.05, 3.63) is 58.0 Å². The normalized spacial score (nSPS) is 15.1. The molecule has 1 saturated carbocycles. The lowest BCUT2D eigenvalue weighted by Crippen LogP contribution is -2.37. The van der Waals surface area contributed by atoms with E-state index in [9.17, 15) is 9.59 Å². The summed E-state index contributed by atoms with van der Waals surface area (Å²) in [6.45, 7) is 0.282. The maximum atomic E-state index is 12.7. The number of ether oxygens (including phenoxy) is 1. The van der Waals surface area contributed by atoms with Crippen LogP contribution in [0.4, 0.5) is 0 Å². The molecular formula is C17H20N4O3. The van der Waals surface area contributed by atoms with Crippen LogP contribution in [0.25, 0.3) is 0 Å². The number of nitrogens with one attached hydrogen (secondary N) is 1. The lowest BCUT2D eigenvalue weighted by Gasteiger charge is -2.27. The summed E-state index contributed by atoms with van der Waals surface area (Å²) in [6, 6.07) is 5.10. The first-order valence-electron chi connectivity index (χ1n) is 7.88. The van der Waals surface area contributed by atoms with Gasteiger partial charge in [0.05, 0.1) is 18.3 Å². The van der Waals surface area contributed by atoms with Crippen LogP contribution in [0, 0.1) is 0 Å². The van der Waals surface area contributed by atoms with Gasteiger partial charge in [-0.3, -0.25) is 14.6 Å². The van der Waals surface area contributed by atoms with Crippen molar-refractivity contribution in [2.45, 2.75) is 24.8 Å². The van der Waals surface area contributed by atoms with Crippen LogP contribution in [0.5, 0.6) is 0 Å². The van der Waals surface area contributed by atoms with Gasteiger partial charge in [0.2, 0.25) is 0 Å². The minimum absolute atomic E-state index is 0.0268. The van der Waals surface area contributed by atoms with E-state index < -0.39 is 11.5 Å². The highest BCUT2D eigenvalue weighted by Gasteiger charge is 2.29. The molecular weight excluding hydrogens is 308 g/mol. The molecule has 3 rings (SSSR count). The first-order chi connectivity index (χ1) is 11.6. The van der Waals surface area contributed by atoms with Crippen LogP contribution in [0.3, 0.4) is 0 Å². The number of amides is 1. The molecule has 0 saturated heterocycles. The average molecular weight is 328 g/mol. The number of aromatic nitrogens is 3. The van der Waals surface area contributed by atoms with Gasteiger partial charge in [-0.2, -0.15) is 0 Å². The van der Waals surface area contributed by atoms with E-state index in [1.54, 1.807) is 26.4 Å². The lowest BCUT2D eigenvalue weighted by molar-refractivity contribution is 0.0593. The number of methoxy groups -OCH3 is 1. The van der Waals surface area contributed by atoms with Crippen LogP contribution in [0.1, 0.15) is 46.7 Å². The number of nitrogens with zero attached hydrogens (tertiary/aromatic N) is 3. The molecule has 7 nitrogen and oxygen atoms in total. The number of hydrogen-bond acceptors (Lipinski definition) is 5. The smallest absolute Gasteiger partial charge is 0.263 e. The van der Waals surface area contributed by atoms with Crippen molar-refractivity contribution in [1.29, 1.82) is 0 Å². The molecule has 1 atom stereocenters. The van der Waals surface area contributed by atoms with Crippen LogP contribution in [0.15, 0.2) is 35.4 Å². The van der Waals surface area contributed by atoms with E-state index in [4.69, 9.17) is 4.74 Å². The van der Waals surface area contributed by atoms with Crippen LogP contribution in [-0.2, 0) is 4.74 Å². The number of hydrogen-bond donors (Lipinski definition) is 1. The zero-order valence-electron chi connectivity index (χ0n) is 13.7. The van der Waals surface area contributed by atoms with Crippen molar-refractivity contribution < 1.29 is 9.53 Å². The van der Waals surface area contributed by atoms with Gasteiger partial charge in [0.1, 0.15) is 11.4 Å². The predicted molar refractivity (Wildman–Crippen MR) is 87.8 cm³/mol. The van der Waals surface area contributed by atoms with E-state index in [1.165, 1.54) is 11.1 Å². The van der Waals surface area contributed by atoms with Gasteiger partial charge in [-0.1, -0.05) is 6.07 Å². The fourth-order valence-corrected chi connectivity index (χ4v) is 2.58. The summed E-state index contributed by atoms with van der Waals surface area (Å²) >= 11 is 0. The monoisotopic (exact) mass is 328 g/mol. The molecule has 1 N–H and O–H groups in total. The summed E-state index contributed by atoms with van der Waals surface area (Å²) in [4.78, 5) is 37.7. The molecule has 1 fully saturated rings. The average Bonchev–Trinajstić information content (AvgIpc) is 3.44.